The van der Waals surface area contributed by atoms with Gasteiger partial charge in [-0.2, -0.15) is 0 Å². The molecule has 0 amide bonds. The molecule has 2 atom stereocenters. The van der Waals surface area contributed by atoms with E-state index < -0.39 is 12.3 Å². The Labute approximate surface area is 214 Å². The molecule has 1 aromatic carbocycles. The highest BCUT2D eigenvalue weighted by molar-refractivity contribution is 7.14. The zero-order chi connectivity index (χ0) is 25.7. The summed E-state index contributed by atoms with van der Waals surface area (Å²) in [4.78, 5) is 17.8. The van der Waals surface area contributed by atoms with E-state index in [0.29, 0.717) is 17.0 Å². The predicted molar refractivity (Wildman–Crippen MR) is 127 cm³/mol. The number of hydrogen-bond donors (Lipinski definition) is 1. The van der Waals surface area contributed by atoms with Crippen molar-refractivity contribution in [1.29, 1.82) is 0 Å². The lowest BCUT2D eigenvalue weighted by atomic mass is 10.00. The van der Waals surface area contributed by atoms with E-state index in [1.807, 2.05) is 0 Å². The van der Waals surface area contributed by atoms with Crippen LogP contribution in [0, 0.1) is 0 Å². The van der Waals surface area contributed by atoms with Crippen LogP contribution in [0.25, 0.3) is 11.3 Å². The lowest BCUT2D eigenvalue weighted by Gasteiger charge is -2.38. The maximum absolute atomic E-state index is 13.0. The highest BCUT2D eigenvalue weighted by Gasteiger charge is 2.43. The number of thiazole rings is 1. The molecule has 3 aliphatic rings. The number of aromatic nitrogens is 2. The van der Waals surface area contributed by atoms with E-state index in [1.165, 1.54) is 29.5 Å². The first-order valence-corrected chi connectivity index (χ1v) is 13.1. The van der Waals surface area contributed by atoms with Gasteiger partial charge in [-0.15, -0.1) is 24.5 Å². The van der Waals surface area contributed by atoms with Gasteiger partial charge in [0.25, 0.3) is 0 Å². The molecular formula is C25H24F3N3O5S. The number of carboxylic acids is 1. The van der Waals surface area contributed by atoms with Crippen LogP contribution in [0.5, 0.6) is 5.75 Å². The summed E-state index contributed by atoms with van der Waals surface area (Å²) in [5.74, 6) is -0.503. The van der Waals surface area contributed by atoms with Crippen LogP contribution in [0.1, 0.15) is 66.3 Å². The number of benzene rings is 1. The number of aromatic carboxylic acids is 1. The van der Waals surface area contributed by atoms with Crippen LogP contribution in [-0.4, -0.2) is 45.8 Å². The summed E-state index contributed by atoms with van der Waals surface area (Å²) in [5.41, 5.74) is 1.25. The van der Waals surface area contributed by atoms with Crippen LogP contribution in [-0.2, 0) is 11.3 Å². The van der Waals surface area contributed by atoms with Crippen LogP contribution in [0.4, 0.5) is 18.3 Å². The molecule has 2 bridgehead atoms. The number of ether oxygens (including phenoxy) is 2. The van der Waals surface area contributed by atoms with Crippen LogP contribution in [0.3, 0.4) is 0 Å². The topological polar surface area (TPSA) is 97.9 Å². The molecule has 6 rings (SSSR count). The molecule has 196 valence electrons. The normalized spacial score (nSPS) is 23.4. The van der Waals surface area contributed by atoms with Gasteiger partial charge in [0.2, 0.25) is 0 Å². The highest BCUT2D eigenvalue weighted by Crippen LogP contribution is 2.46. The van der Waals surface area contributed by atoms with Gasteiger partial charge in [-0.3, -0.25) is 0 Å². The van der Waals surface area contributed by atoms with Crippen molar-refractivity contribution in [3.05, 3.63) is 46.7 Å². The Morgan fingerprint density at radius 2 is 1.89 bits per heavy atom. The molecule has 1 N–H and O–H groups in total. The smallest absolute Gasteiger partial charge is 0.476 e. The van der Waals surface area contributed by atoms with Crippen molar-refractivity contribution in [2.45, 2.75) is 75.6 Å². The Morgan fingerprint density at radius 3 is 2.54 bits per heavy atom. The van der Waals surface area contributed by atoms with Gasteiger partial charge in [0.15, 0.2) is 10.8 Å². The fourth-order valence-electron chi connectivity index (χ4n) is 5.47. The number of carboxylic acid groups (broad SMARTS) is 1. The van der Waals surface area contributed by atoms with E-state index >= 15 is 0 Å². The molecule has 3 fully saturated rings. The molecule has 3 aromatic rings. The van der Waals surface area contributed by atoms with E-state index in [1.54, 1.807) is 11.4 Å². The maximum atomic E-state index is 13.0. The third-order valence-corrected chi connectivity index (χ3v) is 8.07. The van der Waals surface area contributed by atoms with E-state index in [9.17, 15) is 23.1 Å². The molecule has 1 aliphatic carbocycles. The van der Waals surface area contributed by atoms with Gasteiger partial charge in [0.05, 0.1) is 12.7 Å². The van der Waals surface area contributed by atoms with Crippen LogP contribution >= 0.6 is 11.3 Å². The second-order valence-electron chi connectivity index (χ2n) is 9.71. The van der Waals surface area contributed by atoms with Gasteiger partial charge in [-0.05, 0) is 50.7 Å². The number of carbonyl (C=O) groups is 1. The average molecular weight is 536 g/mol. The molecule has 4 heterocycles. The van der Waals surface area contributed by atoms with Gasteiger partial charge < -0.3 is 24.0 Å². The Bertz CT molecular complexity index is 1290. The molecule has 2 aromatic heterocycles. The summed E-state index contributed by atoms with van der Waals surface area (Å²) in [6.07, 6.45) is 0.460. The van der Waals surface area contributed by atoms with Gasteiger partial charge in [-0.1, -0.05) is 17.3 Å². The molecule has 0 radical (unpaired) electrons. The molecule has 8 nitrogen and oxygen atoms in total. The number of piperidine rings is 1. The Morgan fingerprint density at radius 1 is 1.16 bits per heavy atom. The summed E-state index contributed by atoms with van der Waals surface area (Å²) in [5, 5.41) is 15.7. The molecule has 12 heteroatoms. The largest absolute Gasteiger partial charge is 0.573 e. The minimum atomic E-state index is -4.83. The Hall–Kier alpha value is -3.12. The molecular weight excluding hydrogens is 511 g/mol. The molecule has 0 spiro atoms. The average Bonchev–Trinajstić information content (AvgIpc) is 3.30. The predicted octanol–water partition coefficient (Wildman–Crippen LogP) is 5.99. The van der Waals surface area contributed by atoms with E-state index in [2.05, 4.69) is 19.8 Å². The first kappa shape index (κ1) is 24.2. The standard InChI is InChI=1S/C25H24F3N3O5S/c26-25(27,28)35-20-4-2-1-3-17(20)21-18(22(36-30-21)13-5-6-13)11-34-16-9-14-7-8-15(10-16)31(14)24-29-19(12-37-24)23(32)33/h1-4,12-16H,5-11H2,(H,32,33)/t14-,15-/m1/s1. The van der Waals surface area contributed by atoms with Crippen molar-refractivity contribution in [1.82, 2.24) is 10.1 Å². The molecule has 0 unspecified atom stereocenters. The van der Waals surface area contributed by atoms with Crippen molar-refractivity contribution in [3.8, 4) is 17.0 Å². The second kappa shape index (κ2) is 9.32. The molecule has 2 aliphatic heterocycles. The Kier molecular flexibility index (Phi) is 6.10. The number of halogens is 3. The van der Waals surface area contributed by atoms with Crippen LogP contribution in [0.15, 0.2) is 34.2 Å². The summed E-state index contributed by atoms with van der Waals surface area (Å²) >= 11 is 1.34. The fourth-order valence-corrected chi connectivity index (χ4v) is 6.41. The number of para-hydroxylation sites is 1. The van der Waals surface area contributed by atoms with E-state index in [4.69, 9.17) is 9.26 Å². The summed E-state index contributed by atoms with van der Waals surface area (Å²) in [6, 6.07) is 6.31. The summed E-state index contributed by atoms with van der Waals surface area (Å²) in [6.45, 7) is 0.176. The Balaban J connectivity index is 1.20. The first-order valence-electron chi connectivity index (χ1n) is 12.2. The van der Waals surface area contributed by atoms with Crippen molar-refractivity contribution >= 4 is 22.4 Å². The van der Waals surface area contributed by atoms with Crippen molar-refractivity contribution in [2.75, 3.05) is 4.90 Å². The third kappa shape index (κ3) is 4.91. The number of nitrogens with zero attached hydrogens (tertiary/aromatic N) is 3. The third-order valence-electron chi connectivity index (χ3n) is 7.22. The quantitative estimate of drug-likeness (QED) is 0.376. The number of rotatable bonds is 8. The van der Waals surface area contributed by atoms with E-state index in [0.717, 1.165) is 43.7 Å². The number of alkyl halides is 3. The number of anilines is 1. The van der Waals surface area contributed by atoms with Gasteiger partial charge in [0.1, 0.15) is 17.2 Å². The molecule has 1 saturated carbocycles. The second-order valence-corrected chi connectivity index (χ2v) is 10.5. The van der Waals surface area contributed by atoms with Gasteiger partial charge >= 0.3 is 12.3 Å². The van der Waals surface area contributed by atoms with Gasteiger partial charge in [0, 0.05) is 34.5 Å². The molecule has 2 saturated heterocycles. The van der Waals surface area contributed by atoms with Crippen LogP contribution < -0.4 is 9.64 Å². The number of hydrogen-bond acceptors (Lipinski definition) is 8. The van der Waals surface area contributed by atoms with Crippen LogP contribution in [0.2, 0.25) is 0 Å². The summed E-state index contributed by atoms with van der Waals surface area (Å²) in [7, 11) is 0. The van der Waals surface area contributed by atoms with E-state index in [-0.39, 0.29) is 47.7 Å². The highest BCUT2D eigenvalue weighted by atomic mass is 32.1. The number of fused-ring (bicyclic) bond motifs is 2. The van der Waals surface area contributed by atoms with Gasteiger partial charge in [-0.25, -0.2) is 9.78 Å². The fraction of sp³-hybridized carbons (Fsp3) is 0.480. The van der Waals surface area contributed by atoms with Crippen molar-refractivity contribution < 1.29 is 37.1 Å². The monoisotopic (exact) mass is 535 g/mol. The minimum absolute atomic E-state index is 0.0517. The minimum Gasteiger partial charge on any atom is -0.476 e. The SMILES string of the molecule is O=C(O)c1csc(N2[C@@H]3CC[C@@H]2CC(OCc2c(-c4ccccc4OC(F)(F)F)noc2C2CC2)C3)n1. The molecule has 37 heavy (non-hydrogen) atoms. The maximum Gasteiger partial charge on any atom is 0.573 e. The zero-order valence-corrected chi connectivity index (χ0v) is 20.4. The lowest BCUT2D eigenvalue weighted by Crippen LogP contribution is -2.45. The zero-order valence-electron chi connectivity index (χ0n) is 19.6. The van der Waals surface area contributed by atoms with Crippen molar-refractivity contribution in [2.24, 2.45) is 0 Å². The lowest BCUT2D eigenvalue weighted by molar-refractivity contribution is -0.274. The summed E-state index contributed by atoms with van der Waals surface area (Å²) < 4.78 is 55.3. The first-order chi connectivity index (χ1) is 17.8. The van der Waals surface area contributed by atoms with Crippen molar-refractivity contribution in [3.63, 3.8) is 0 Å².